The van der Waals surface area contributed by atoms with Crippen molar-refractivity contribution >= 4 is 23.9 Å². The Balaban J connectivity index is 2.52. The van der Waals surface area contributed by atoms with Crippen LogP contribution in [0.3, 0.4) is 0 Å². The minimum atomic E-state index is -2.59. The molecular weight excluding hydrogens is 632 g/mol. The van der Waals surface area contributed by atoms with Crippen LogP contribution in [-0.2, 0) is 23.1 Å². The van der Waals surface area contributed by atoms with Crippen molar-refractivity contribution in [2.75, 3.05) is 33.1 Å². The first-order chi connectivity index (χ1) is 20.8. The van der Waals surface area contributed by atoms with E-state index in [1.54, 1.807) is 25.2 Å². The summed E-state index contributed by atoms with van der Waals surface area (Å²) in [5, 5.41) is 9.36. The quantitative estimate of drug-likeness (QED) is 0.120. The fourth-order valence-electron chi connectivity index (χ4n) is 4.62. The molecule has 2 N–H and O–H groups in total. The van der Waals surface area contributed by atoms with E-state index in [1.807, 2.05) is 27.7 Å². The first kappa shape index (κ1) is 39.7. The molecular formula is C30H55N5O7P2Si. The van der Waals surface area contributed by atoms with Gasteiger partial charge in [0.1, 0.15) is 33.7 Å². The maximum absolute atomic E-state index is 13.0. The number of aromatic amines is 1. The van der Waals surface area contributed by atoms with Gasteiger partial charge in [-0.15, -0.1) is 0 Å². The highest BCUT2D eigenvalue weighted by Gasteiger charge is 2.49. The molecule has 0 aliphatic carbocycles. The van der Waals surface area contributed by atoms with Gasteiger partial charge >= 0.3 is 5.69 Å². The van der Waals surface area contributed by atoms with E-state index in [0.717, 1.165) is 6.54 Å². The molecule has 256 valence electrons. The van der Waals surface area contributed by atoms with Crippen molar-refractivity contribution in [1.82, 2.24) is 19.2 Å². The van der Waals surface area contributed by atoms with Gasteiger partial charge in [0.05, 0.1) is 19.1 Å². The predicted octanol–water partition coefficient (Wildman–Crippen LogP) is 5.60. The van der Waals surface area contributed by atoms with E-state index in [2.05, 4.69) is 54.6 Å². The van der Waals surface area contributed by atoms with Gasteiger partial charge < -0.3 is 28.1 Å². The average molecular weight is 688 g/mol. The molecule has 12 nitrogen and oxygen atoms in total. The Morgan fingerprint density at radius 2 is 1.84 bits per heavy atom. The van der Waals surface area contributed by atoms with E-state index in [1.165, 1.54) is 16.8 Å². The zero-order valence-corrected chi connectivity index (χ0v) is 31.7. The molecule has 1 aromatic heterocycles. The minimum absolute atomic E-state index is 0.0550. The van der Waals surface area contributed by atoms with Crippen LogP contribution in [0.15, 0.2) is 33.7 Å². The van der Waals surface area contributed by atoms with Crippen molar-refractivity contribution in [3.63, 3.8) is 0 Å². The monoisotopic (exact) mass is 687 g/mol. The van der Waals surface area contributed by atoms with E-state index in [9.17, 15) is 19.4 Å². The lowest BCUT2D eigenvalue weighted by molar-refractivity contribution is -0.0671. The van der Waals surface area contributed by atoms with Crippen LogP contribution in [-0.4, -0.2) is 85.9 Å². The molecule has 0 bridgehead atoms. The van der Waals surface area contributed by atoms with Crippen molar-refractivity contribution in [2.45, 2.75) is 116 Å². The Kier molecular flexibility index (Phi) is 15.1. The lowest BCUT2D eigenvalue weighted by atomic mass is 10.1. The van der Waals surface area contributed by atoms with E-state index < -0.39 is 59.7 Å². The summed E-state index contributed by atoms with van der Waals surface area (Å²) in [5.41, 5.74) is -1.16. The Morgan fingerprint density at radius 3 is 2.38 bits per heavy atom. The maximum atomic E-state index is 13.0. The van der Waals surface area contributed by atoms with E-state index >= 15 is 0 Å². The van der Waals surface area contributed by atoms with Gasteiger partial charge in [0.2, 0.25) is 0 Å². The standard InChI is InChI=1S/C30H55N5O7P2Si/c1-22(2)35(23(3)4)43(40-20-12-16-31)42-26-24(15-21-44(8,9)38)41-28(34-18-14-25(36)33-29(34)37)27(26)39-19-13-17-32-45(10,11)30(5,6)7/h14-15,18,21-24,26-28,32H,12-13,17,19-20H2,1-11H3,(H,33,36,37)/b21-15+/t24-,26-,27-,28-,43?/m1/s1. The Labute approximate surface area is 271 Å². The molecule has 0 saturated carbocycles. The second-order valence-corrected chi connectivity index (χ2v) is 23.6. The van der Waals surface area contributed by atoms with Gasteiger partial charge in [0.25, 0.3) is 14.1 Å². The van der Waals surface area contributed by atoms with Crippen molar-refractivity contribution in [1.29, 1.82) is 5.26 Å². The third-order valence-corrected chi connectivity index (χ3v) is 15.8. The first-order valence-corrected chi connectivity index (χ1v) is 22.4. The van der Waals surface area contributed by atoms with Crippen LogP contribution in [0.2, 0.25) is 18.1 Å². The molecule has 0 aromatic carbocycles. The number of rotatable bonds is 17. The zero-order valence-electron chi connectivity index (χ0n) is 28.9. The molecule has 0 radical (unpaired) electrons. The third kappa shape index (κ3) is 11.9. The smallest absolute Gasteiger partial charge is 0.330 e. The molecule has 0 spiro atoms. The Bertz CT molecular complexity index is 1310. The van der Waals surface area contributed by atoms with Gasteiger partial charge in [-0.05, 0) is 70.9 Å². The van der Waals surface area contributed by atoms with Crippen LogP contribution in [0.5, 0.6) is 0 Å². The topological polar surface area (TPSA) is 148 Å². The Morgan fingerprint density at radius 1 is 1.20 bits per heavy atom. The molecule has 2 heterocycles. The second kappa shape index (κ2) is 17.1. The highest BCUT2D eigenvalue weighted by atomic mass is 31.2. The van der Waals surface area contributed by atoms with Crippen LogP contribution in [0.1, 0.15) is 67.5 Å². The second-order valence-electron chi connectivity index (χ2n) is 13.9. The number of H-pyrrole nitrogens is 1. The molecule has 1 fully saturated rings. The summed E-state index contributed by atoms with van der Waals surface area (Å²) >= 11 is 0. The van der Waals surface area contributed by atoms with Gasteiger partial charge in [-0.1, -0.05) is 33.9 Å². The van der Waals surface area contributed by atoms with Gasteiger partial charge in [-0.3, -0.25) is 14.3 Å². The Hall–Kier alpha value is -1.45. The van der Waals surface area contributed by atoms with Crippen LogP contribution in [0.4, 0.5) is 0 Å². The number of ether oxygens (including phenoxy) is 2. The fourth-order valence-corrected chi connectivity index (χ4v) is 8.29. The number of aromatic nitrogens is 2. The third-order valence-electron chi connectivity index (χ3n) is 7.93. The lowest BCUT2D eigenvalue weighted by Crippen LogP contribution is -2.52. The minimum Gasteiger partial charge on any atom is -0.371 e. The molecule has 5 atom stereocenters. The van der Waals surface area contributed by atoms with Crippen LogP contribution in [0.25, 0.3) is 0 Å². The highest BCUT2D eigenvalue weighted by Crippen LogP contribution is 2.51. The van der Waals surface area contributed by atoms with Crippen LogP contribution >= 0.6 is 15.7 Å². The normalized spacial score (nSPS) is 22.2. The number of hydrogen-bond donors (Lipinski definition) is 2. The van der Waals surface area contributed by atoms with Crippen molar-refractivity contribution < 1.29 is 23.1 Å². The van der Waals surface area contributed by atoms with Gasteiger partial charge in [-0.25, -0.2) is 9.46 Å². The molecule has 15 heteroatoms. The van der Waals surface area contributed by atoms with Crippen LogP contribution in [0, 0.1) is 11.3 Å². The summed E-state index contributed by atoms with van der Waals surface area (Å²) in [6.07, 6.45) is 0.752. The van der Waals surface area contributed by atoms with Gasteiger partial charge in [0, 0.05) is 31.0 Å². The van der Waals surface area contributed by atoms with E-state index in [0.29, 0.717) is 13.0 Å². The van der Waals surface area contributed by atoms with Gasteiger partial charge in [0.15, 0.2) is 6.23 Å². The SMILES string of the molecule is CC(C)N(C(C)C)P(OCCC#N)O[C@H]1[C@@H](OCCCN[Si](C)(C)C(C)(C)C)[C@H](n2ccc(=O)[nH]c2=O)O[C@@H]1/C=C/P(C)(C)=O. The van der Waals surface area contributed by atoms with Crippen molar-refractivity contribution in [3.8, 4) is 6.07 Å². The molecule has 1 aromatic rings. The summed E-state index contributed by atoms with van der Waals surface area (Å²) in [5.74, 6) is 1.62. The van der Waals surface area contributed by atoms with Gasteiger partial charge in [-0.2, -0.15) is 5.26 Å². The summed E-state index contributed by atoms with van der Waals surface area (Å²) in [4.78, 5) is 30.9. The maximum Gasteiger partial charge on any atom is 0.330 e. The fraction of sp³-hybridized carbons (Fsp3) is 0.767. The zero-order chi connectivity index (χ0) is 34.2. The summed E-state index contributed by atoms with van der Waals surface area (Å²) in [6.45, 7) is 24.2. The number of nitrogens with one attached hydrogen (secondary N) is 2. The molecule has 1 unspecified atom stereocenters. The molecule has 0 amide bonds. The lowest BCUT2D eigenvalue weighted by Gasteiger charge is -2.38. The van der Waals surface area contributed by atoms with Crippen molar-refractivity contribution in [2.24, 2.45) is 0 Å². The number of nitriles is 1. The summed E-state index contributed by atoms with van der Waals surface area (Å²) in [6, 6.07) is 3.48. The summed E-state index contributed by atoms with van der Waals surface area (Å²) < 4.78 is 42.0. The highest BCUT2D eigenvalue weighted by molar-refractivity contribution is 7.65. The van der Waals surface area contributed by atoms with E-state index in [-0.39, 0.29) is 30.1 Å². The molecule has 45 heavy (non-hydrogen) atoms. The van der Waals surface area contributed by atoms with Crippen molar-refractivity contribution in [3.05, 3.63) is 45.0 Å². The predicted molar refractivity (Wildman–Crippen MR) is 183 cm³/mol. The van der Waals surface area contributed by atoms with E-state index in [4.69, 9.17) is 18.5 Å². The molecule has 1 saturated heterocycles. The largest absolute Gasteiger partial charge is 0.371 e. The first-order valence-electron chi connectivity index (χ1n) is 15.6. The summed E-state index contributed by atoms with van der Waals surface area (Å²) in [7, 11) is -5.99. The van der Waals surface area contributed by atoms with Crippen LogP contribution < -0.4 is 16.2 Å². The molecule has 2 rings (SSSR count). The average Bonchev–Trinajstić information content (AvgIpc) is 3.22. The molecule has 1 aliphatic heterocycles. The number of nitrogens with zero attached hydrogens (tertiary/aromatic N) is 3. The molecule has 1 aliphatic rings. The number of hydrogen-bond acceptors (Lipinski definition) is 10.